The quantitative estimate of drug-likeness (QED) is 0.622. The van der Waals surface area contributed by atoms with Gasteiger partial charge in [-0.3, -0.25) is 35.3 Å². The van der Waals surface area contributed by atoms with Crippen LogP contribution in [-0.4, -0.2) is 21.3 Å². The normalized spacial score (nSPS) is 21.6. The molecule has 1 unspecified atom stereocenters. The molecule has 9 nitrogen and oxygen atoms in total. The number of rotatable bonds is 5. The van der Waals surface area contributed by atoms with Gasteiger partial charge in [-0.05, 0) is 37.1 Å². The molecule has 9 heteroatoms. The van der Waals surface area contributed by atoms with Crippen LogP contribution in [0.1, 0.15) is 37.2 Å². The predicted octanol–water partition coefficient (Wildman–Crippen LogP) is 3.51. The maximum Gasteiger partial charge on any atom is 0.269 e. The second-order valence-electron chi connectivity index (χ2n) is 6.60. The van der Waals surface area contributed by atoms with E-state index in [9.17, 15) is 25.0 Å². The summed E-state index contributed by atoms with van der Waals surface area (Å²) in [5, 5.41) is 25.0. The SMILES string of the molecule is CC(=O)C1C(C)=N[C@@H](c2ccc([N+](=O)[O-])cc2)N[C@H]1c1ccc([N+](=O)[O-])cc1. The lowest BCUT2D eigenvalue weighted by Gasteiger charge is -2.35. The summed E-state index contributed by atoms with van der Waals surface area (Å²) in [4.78, 5) is 37.6. The zero-order chi connectivity index (χ0) is 20.4. The van der Waals surface area contributed by atoms with Gasteiger partial charge in [-0.15, -0.1) is 0 Å². The number of carbonyl (C=O) groups excluding carboxylic acids is 1. The highest BCUT2D eigenvalue weighted by Gasteiger charge is 2.35. The second-order valence-corrected chi connectivity index (χ2v) is 6.60. The average molecular weight is 382 g/mol. The average Bonchev–Trinajstić information content (AvgIpc) is 2.67. The highest BCUT2D eigenvalue weighted by atomic mass is 16.6. The van der Waals surface area contributed by atoms with Crippen LogP contribution in [-0.2, 0) is 4.79 Å². The van der Waals surface area contributed by atoms with E-state index in [0.717, 1.165) is 11.1 Å². The Hall–Kier alpha value is -3.46. The van der Waals surface area contributed by atoms with Gasteiger partial charge in [0.1, 0.15) is 11.9 Å². The summed E-state index contributed by atoms with van der Waals surface area (Å²) in [6.45, 7) is 3.25. The molecule has 0 aliphatic carbocycles. The first kappa shape index (κ1) is 19.3. The maximum atomic E-state index is 12.2. The van der Waals surface area contributed by atoms with Crippen LogP contribution in [0.4, 0.5) is 11.4 Å². The smallest absolute Gasteiger partial charge is 0.269 e. The van der Waals surface area contributed by atoms with E-state index in [4.69, 9.17) is 0 Å². The lowest BCUT2D eigenvalue weighted by atomic mass is 9.84. The molecule has 0 saturated carbocycles. The molecule has 0 aromatic heterocycles. The Labute approximate surface area is 160 Å². The Bertz CT molecular complexity index is 953. The fourth-order valence-corrected chi connectivity index (χ4v) is 3.40. The van der Waals surface area contributed by atoms with Gasteiger partial charge in [-0.2, -0.15) is 0 Å². The van der Waals surface area contributed by atoms with Gasteiger partial charge in [0.25, 0.3) is 11.4 Å². The molecule has 0 amide bonds. The molecule has 1 heterocycles. The minimum absolute atomic E-state index is 0.0196. The summed E-state index contributed by atoms with van der Waals surface area (Å²) in [6.07, 6.45) is -0.489. The Morgan fingerprint density at radius 2 is 1.39 bits per heavy atom. The first-order valence-electron chi connectivity index (χ1n) is 8.57. The lowest BCUT2D eigenvalue weighted by molar-refractivity contribution is -0.385. The van der Waals surface area contributed by atoms with Gasteiger partial charge in [0, 0.05) is 36.0 Å². The second kappa shape index (κ2) is 7.65. The highest BCUT2D eigenvalue weighted by Crippen LogP contribution is 2.34. The summed E-state index contributed by atoms with van der Waals surface area (Å²) in [7, 11) is 0. The van der Waals surface area contributed by atoms with Crippen LogP contribution in [0.5, 0.6) is 0 Å². The molecule has 0 bridgehead atoms. The third-order valence-electron chi connectivity index (χ3n) is 4.77. The Kier molecular flexibility index (Phi) is 5.27. The number of nitro benzene ring substituents is 2. The zero-order valence-electron chi connectivity index (χ0n) is 15.2. The minimum atomic E-state index is -0.504. The van der Waals surface area contributed by atoms with Crippen LogP contribution in [0.25, 0.3) is 0 Å². The van der Waals surface area contributed by atoms with Crippen LogP contribution in [0.2, 0.25) is 0 Å². The van der Waals surface area contributed by atoms with E-state index in [1.807, 2.05) is 0 Å². The molecule has 1 N–H and O–H groups in total. The molecule has 144 valence electrons. The number of hydrogen-bond acceptors (Lipinski definition) is 7. The number of carbonyl (C=O) groups is 1. The van der Waals surface area contributed by atoms with Crippen LogP contribution in [0.3, 0.4) is 0 Å². The van der Waals surface area contributed by atoms with Crippen molar-refractivity contribution in [2.75, 3.05) is 0 Å². The number of nitrogens with one attached hydrogen (secondary N) is 1. The summed E-state index contributed by atoms with van der Waals surface area (Å²) < 4.78 is 0. The van der Waals surface area contributed by atoms with Crippen LogP contribution in [0.15, 0.2) is 53.5 Å². The van der Waals surface area contributed by atoms with E-state index in [-0.39, 0.29) is 17.2 Å². The monoisotopic (exact) mass is 382 g/mol. The Balaban J connectivity index is 1.96. The molecule has 28 heavy (non-hydrogen) atoms. The van der Waals surface area contributed by atoms with E-state index < -0.39 is 28.0 Å². The summed E-state index contributed by atoms with van der Waals surface area (Å²) in [5.74, 6) is -0.574. The van der Waals surface area contributed by atoms with Crippen LogP contribution < -0.4 is 5.32 Å². The largest absolute Gasteiger partial charge is 0.299 e. The zero-order valence-corrected chi connectivity index (χ0v) is 15.2. The number of benzene rings is 2. The molecular weight excluding hydrogens is 364 g/mol. The number of non-ortho nitro benzene ring substituents is 2. The van der Waals surface area contributed by atoms with E-state index in [1.54, 1.807) is 31.2 Å². The molecule has 0 fully saturated rings. The van der Waals surface area contributed by atoms with E-state index in [1.165, 1.54) is 31.2 Å². The van der Waals surface area contributed by atoms with Crippen LogP contribution >= 0.6 is 0 Å². The van der Waals surface area contributed by atoms with Crippen molar-refractivity contribution in [3.8, 4) is 0 Å². The molecule has 2 aromatic rings. The number of Topliss-reactive ketones (excluding diaryl/α,β-unsaturated/α-hetero) is 1. The van der Waals surface area contributed by atoms with Crippen molar-refractivity contribution >= 4 is 22.9 Å². The standard InChI is InChI=1S/C19H18N4O5/c1-11-17(12(2)24)18(13-3-7-15(8-4-13)22(25)26)21-19(20-11)14-5-9-16(10-6-14)23(27)28/h3-10,17-19,21H,1-2H3/t17?,18-,19+/m0/s1. The fourth-order valence-electron chi connectivity index (χ4n) is 3.40. The van der Waals surface area contributed by atoms with Crippen molar-refractivity contribution in [2.45, 2.75) is 26.1 Å². The topological polar surface area (TPSA) is 128 Å². The Morgan fingerprint density at radius 3 is 1.82 bits per heavy atom. The van der Waals surface area contributed by atoms with Gasteiger partial charge in [0.05, 0.1) is 15.8 Å². The van der Waals surface area contributed by atoms with Gasteiger partial charge in [0.15, 0.2) is 0 Å². The minimum Gasteiger partial charge on any atom is -0.299 e. The number of nitro groups is 2. The molecular formula is C19H18N4O5. The van der Waals surface area contributed by atoms with E-state index in [0.29, 0.717) is 5.71 Å². The van der Waals surface area contributed by atoms with Crippen molar-refractivity contribution in [1.29, 1.82) is 0 Å². The number of nitrogens with zero attached hydrogens (tertiary/aromatic N) is 3. The fraction of sp³-hybridized carbons (Fsp3) is 0.263. The number of aliphatic imine (C=N–C) groups is 1. The summed E-state index contributed by atoms with van der Waals surface area (Å²) in [5.41, 5.74) is 2.04. The molecule has 0 saturated heterocycles. The first-order valence-corrected chi connectivity index (χ1v) is 8.57. The third-order valence-corrected chi connectivity index (χ3v) is 4.77. The van der Waals surface area contributed by atoms with Gasteiger partial charge >= 0.3 is 0 Å². The summed E-state index contributed by atoms with van der Waals surface area (Å²) >= 11 is 0. The van der Waals surface area contributed by atoms with Crippen molar-refractivity contribution in [2.24, 2.45) is 10.9 Å². The third kappa shape index (κ3) is 3.79. The lowest BCUT2D eigenvalue weighted by Crippen LogP contribution is -2.42. The summed E-state index contributed by atoms with van der Waals surface area (Å²) in [6, 6.07) is 11.7. The van der Waals surface area contributed by atoms with E-state index >= 15 is 0 Å². The maximum absolute atomic E-state index is 12.2. The predicted molar refractivity (Wildman–Crippen MR) is 102 cm³/mol. The van der Waals surface area contributed by atoms with Crippen molar-refractivity contribution in [1.82, 2.24) is 5.32 Å². The van der Waals surface area contributed by atoms with Gasteiger partial charge in [0.2, 0.25) is 0 Å². The Morgan fingerprint density at radius 1 is 0.929 bits per heavy atom. The molecule has 3 atom stereocenters. The molecule has 1 aliphatic rings. The molecule has 1 aliphatic heterocycles. The first-order chi connectivity index (χ1) is 13.3. The number of ketones is 1. The van der Waals surface area contributed by atoms with Gasteiger partial charge in [-0.25, -0.2) is 0 Å². The highest BCUT2D eigenvalue weighted by molar-refractivity contribution is 6.04. The van der Waals surface area contributed by atoms with Crippen LogP contribution in [0, 0.1) is 26.1 Å². The van der Waals surface area contributed by atoms with Gasteiger partial charge in [-0.1, -0.05) is 12.1 Å². The van der Waals surface area contributed by atoms with Crippen molar-refractivity contribution in [3.63, 3.8) is 0 Å². The van der Waals surface area contributed by atoms with Crippen molar-refractivity contribution in [3.05, 3.63) is 79.9 Å². The van der Waals surface area contributed by atoms with Crippen molar-refractivity contribution < 1.29 is 14.6 Å². The molecule has 2 aromatic carbocycles. The molecule has 0 spiro atoms. The molecule has 3 rings (SSSR count). The van der Waals surface area contributed by atoms with Gasteiger partial charge < -0.3 is 0 Å². The number of hydrogen-bond donors (Lipinski definition) is 1. The molecule has 0 radical (unpaired) electrons. The van der Waals surface area contributed by atoms with E-state index in [2.05, 4.69) is 10.3 Å².